The van der Waals surface area contributed by atoms with Crippen molar-refractivity contribution in [2.24, 2.45) is 5.92 Å². The van der Waals surface area contributed by atoms with E-state index in [0.717, 1.165) is 6.42 Å². The number of benzene rings is 1. The summed E-state index contributed by atoms with van der Waals surface area (Å²) in [6.45, 7) is 4.28. The Labute approximate surface area is 131 Å². The first-order valence-electron chi connectivity index (χ1n) is 6.64. The van der Waals surface area contributed by atoms with Crippen molar-refractivity contribution >= 4 is 21.6 Å². The average molecular weight is 330 g/mol. The number of hydrogen-bond acceptors (Lipinski definition) is 3. The Morgan fingerprint density at radius 3 is 2.57 bits per heavy atom. The van der Waals surface area contributed by atoms with E-state index in [4.69, 9.17) is 16.7 Å². The first-order valence-corrected chi connectivity index (χ1v) is 8.46. The molecule has 0 saturated heterocycles. The number of aliphatic hydroxyl groups excluding tert-OH is 1. The molecule has 0 aromatic heterocycles. The van der Waals surface area contributed by atoms with Crippen LogP contribution in [0.25, 0.3) is 0 Å². The van der Waals surface area contributed by atoms with Gasteiger partial charge in [-0.25, -0.2) is 12.7 Å². The summed E-state index contributed by atoms with van der Waals surface area (Å²) < 4.78 is 26.2. The lowest BCUT2D eigenvalue weighted by atomic mass is 10.1. The summed E-state index contributed by atoms with van der Waals surface area (Å²) in [7, 11) is -2.05. The van der Waals surface area contributed by atoms with E-state index in [9.17, 15) is 8.42 Å². The van der Waals surface area contributed by atoms with Crippen molar-refractivity contribution in [3.63, 3.8) is 0 Å². The standard InChI is InChI=1S/C15H20ClNO3S/c1-12(2)8-9-17(3)21(19,20)15-7-6-13(5-4-10-18)11-14(15)16/h6-7,11-12,18H,8-10H2,1-3H3. The van der Waals surface area contributed by atoms with Crippen molar-refractivity contribution < 1.29 is 13.5 Å². The lowest BCUT2D eigenvalue weighted by Gasteiger charge is -2.19. The van der Waals surface area contributed by atoms with Crippen LogP contribution in [0.4, 0.5) is 0 Å². The molecule has 1 N–H and O–H groups in total. The van der Waals surface area contributed by atoms with Gasteiger partial charge in [-0.1, -0.05) is 37.3 Å². The van der Waals surface area contributed by atoms with Gasteiger partial charge in [0.1, 0.15) is 11.5 Å². The fourth-order valence-electron chi connectivity index (χ4n) is 1.66. The van der Waals surface area contributed by atoms with Crippen LogP contribution in [0.15, 0.2) is 23.1 Å². The third-order valence-corrected chi connectivity index (χ3v) is 5.29. The van der Waals surface area contributed by atoms with E-state index >= 15 is 0 Å². The molecule has 0 saturated carbocycles. The molecule has 116 valence electrons. The highest BCUT2D eigenvalue weighted by Gasteiger charge is 2.23. The molecule has 0 atom stereocenters. The molecule has 0 heterocycles. The molecule has 1 rings (SSSR count). The van der Waals surface area contributed by atoms with Crippen LogP contribution in [0.3, 0.4) is 0 Å². The molecule has 1 aromatic rings. The smallest absolute Gasteiger partial charge is 0.244 e. The number of halogens is 1. The minimum Gasteiger partial charge on any atom is -0.384 e. The highest BCUT2D eigenvalue weighted by molar-refractivity contribution is 7.89. The Hall–Kier alpha value is -1.06. The fourth-order valence-corrected chi connectivity index (χ4v) is 3.36. The predicted molar refractivity (Wildman–Crippen MR) is 84.7 cm³/mol. The summed E-state index contributed by atoms with van der Waals surface area (Å²) in [4.78, 5) is 0.0740. The summed E-state index contributed by atoms with van der Waals surface area (Å²) in [5.41, 5.74) is 0.567. The van der Waals surface area contributed by atoms with Crippen LogP contribution in [0.2, 0.25) is 5.02 Å². The molecular formula is C15H20ClNO3S. The van der Waals surface area contributed by atoms with Gasteiger partial charge in [0.15, 0.2) is 0 Å². The van der Waals surface area contributed by atoms with E-state index in [0.29, 0.717) is 18.0 Å². The Morgan fingerprint density at radius 2 is 2.05 bits per heavy atom. The van der Waals surface area contributed by atoms with Crippen LogP contribution in [-0.4, -0.2) is 38.0 Å². The van der Waals surface area contributed by atoms with Crippen LogP contribution in [0.5, 0.6) is 0 Å². The van der Waals surface area contributed by atoms with Crippen LogP contribution in [0.1, 0.15) is 25.8 Å². The molecule has 1 aromatic carbocycles. The van der Waals surface area contributed by atoms with Gasteiger partial charge in [-0.3, -0.25) is 0 Å². The molecule has 0 fully saturated rings. The van der Waals surface area contributed by atoms with E-state index in [1.165, 1.54) is 16.4 Å². The maximum absolute atomic E-state index is 12.5. The van der Waals surface area contributed by atoms with E-state index in [2.05, 4.69) is 11.8 Å². The molecular weight excluding hydrogens is 310 g/mol. The van der Waals surface area contributed by atoms with Gasteiger partial charge in [-0.05, 0) is 30.5 Å². The fraction of sp³-hybridized carbons (Fsp3) is 0.467. The van der Waals surface area contributed by atoms with Gasteiger partial charge >= 0.3 is 0 Å². The first-order chi connectivity index (χ1) is 9.78. The summed E-state index contributed by atoms with van der Waals surface area (Å²) in [6.07, 6.45) is 0.785. The third-order valence-electron chi connectivity index (χ3n) is 2.95. The van der Waals surface area contributed by atoms with Gasteiger partial charge < -0.3 is 5.11 Å². The predicted octanol–water partition coefficient (Wildman–Crippen LogP) is 2.35. The van der Waals surface area contributed by atoms with Gasteiger partial charge in [-0.15, -0.1) is 0 Å². The van der Waals surface area contributed by atoms with Crippen molar-refractivity contribution in [1.29, 1.82) is 0 Å². The lowest BCUT2D eigenvalue weighted by molar-refractivity contribution is 0.350. The normalized spacial score (nSPS) is 11.6. The summed E-state index contributed by atoms with van der Waals surface area (Å²) in [5.74, 6) is 5.61. The maximum atomic E-state index is 12.5. The molecule has 0 spiro atoms. The van der Waals surface area contributed by atoms with Gasteiger partial charge in [0.05, 0.1) is 5.02 Å². The van der Waals surface area contributed by atoms with Crippen molar-refractivity contribution in [2.45, 2.75) is 25.2 Å². The topological polar surface area (TPSA) is 57.6 Å². The summed E-state index contributed by atoms with van der Waals surface area (Å²) in [5, 5.41) is 8.78. The van der Waals surface area contributed by atoms with Crippen LogP contribution < -0.4 is 0 Å². The Morgan fingerprint density at radius 1 is 1.38 bits per heavy atom. The molecule has 0 aliphatic rings. The number of aliphatic hydroxyl groups is 1. The van der Waals surface area contributed by atoms with E-state index < -0.39 is 10.0 Å². The third kappa shape index (κ3) is 5.01. The average Bonchev–Trinajstić information content (AvgIpc) is 2.42. The highest BCUT2D eigenvalue weighted by atomic mass is 35.5. The SMILES string of the molecule is CC(C)CCN(C)S(=O)(=O)c1ccc(C#CCO)cc1Cl. The van der Waals surface area contributed by atoms with Crippen molar-refractivity contribution in [3.05, 3.63) is 28.8 Å². The molecule has 0 aliphatic carbocycles. The largest absolute Gasteiger partial charge is 0.384 e. The summed E-state index contributed by atoms with van der Waals surface area (Å²) >= 11 is 6.06. The Kier molecular flexibility index (Phi) is 6.69. The molecule has 0 aliphatic heterocycles. The quantitative estimate of drug-likeness (QED) is 0.844. The molecule has 4 nitrogen and oxygen atoms in total. The zero-order valence-electron chi connectivity index (χ0n) is 12.4. The van der Waals surface area contributed by atoms with E-state index in [1.807, 2.05) is 13.8 Å². The van der Waals surface area contributed by atoms with Gasteiger partial charge in [-0.2, -0.15) is 0 Å². The van der Waals surface area contributed by atoms with Crippen LogP contribution in [0, 0.1) is 17.8 Å². The minimum absolute atomic E-state index is 0.0740. The minimum atomic E-state index is -3.60. The van der Waals surface area contributed by atoms with Crippen molar-refractivity contribution in [2.75, 3.05) is 20.2 Å². The number of hydrogen-bond donors (Lipinski definition) is 1. The highest BCUT2D eigenvalue weighted by Crippen LogP contribution is 2.25. The van der Waals surface area contributed by atoms with Gasteiger partial charge in [0.2, 0.25) is 10.0 Å². The zero-order valence-corrected chi connectivity index (χ0v) is 14.0. The molecule has 21 heavy (non-hydrogen) atoms. The number of sulfonamides is 1. The van der Waals surface area contributed by atoms with E-state index in [-0.39, 0.29) is 16.5 Å². The molecule has 0 bridgehead atoms. The second-order valence-corrected chi connectivity index (χ2v) is 7.53. The second kappa shape index (κ2) is 7.81. The van der Waals surface area contributed by atoms with Gasteiger partial charge in [0.25, 0.3) is 0 Å². The summed E-state index contributed by atoms with van der Waals surface area (Å²) in [6, 6.07) is 4.52. The van der Waals surface area contributed by atoms with Crippen LogP contribution >= 0.6 is 11.6 Å². The number of rotatable bonds is 5. The second-order valence-electron chi connectivity index (χ2n) is 5.11. The Bertz CT molecular complexity index is 645. The lowest BCUT2D eigenvalue weighted by Crippen LogP contribution is -2.28. The molecule has 0 radical (unpaired) electrons. The van der Waals surface area contributed by atoms with Crippen molar-refractivity contribution in [3.8, 4) is 11.8 Å². The monoisotopic (exact) mass is 329 g/mol. The Balaban J connectivity index is 3.03. The molecule has 0 amide bonds. The number of nitrogens with zero attached hydrogens (tertiary/aromatic N) is 1. The van der Waals surface area contributed by atoms with Crippen LogP contribution in [-0.2, 0) is 10.0 Å². The van der Waals surface area contributed by atoms with E-state index in [1.54, 1.807) is 13.1 Å². The first kappa shape index (κ1) is 18.0. The zero-order chi connectivity index (χ0) is 16.0. The molecule has 0 unspecified atom stereocenters. The molecule has 6 heteroatoms. The van der Waals surface area contributed by atoms with Gasteiger partial charge in [0, 0.05) is 19.2 Å². The van der Waals surface area contributed by atoms with Crippen molar-refractivity contribution in [1.82, 2.24) is 4.31 Å². The maximum Gasteiger partial charge on any atom is 0.244 e.